The molecule has 1 heterocycles. The molecule has 13 heteroatoms. The molecule has 0 radical (unpaired) electrons. The van der Waals surface area contributed by atoms with Gasteiger partial charge in [-0.05, 0) is 6.42 Å². The summed E-state index contributed by atoms with van der Waals surface area (Å²) in [4.78, 5) is 59.8. The summed E-state index contributed by atoms with van der Waals surface area (Å²) in [7, 11) is 1.96. The van der Waals surface area contributed by atoms with E-state index in [0.717, 1.165) is 28.1 Å². The lowest BCUT2D eigenvalue weighted by Gasteiger charge is -2.49. The third kappa shape index (κ3) is 6.53. The lowest BCUT2D eigenvalue weighted by molar-refractivity contribution is -0.320. The minimum Gasteiger partial charge on any atom is -0.464 e. The van der Waals surface area contributed by atoms with Gasteiger partial charge in [-0.25, -0.2) is 14.0 Å². The molecule has 1 saturated heterocycles. The van der Waals surface area contributed by atoms with Gasteiger partial charge in [0.2, 0.25) is 6.17 Å². The summed E-state index contributed by atoms with van der Waals surface area (Å²) in [6, 6.07) is -1.44. The zero-order valence-electron chi connectivity index (χ0n) is 19.5. The van der Waals surface area contributed by atoms with E-state index in [2.05, 4.69) is 14.8 Å². The zero-order chi connectivity index (χ0) is 25.5. The lowest BCUT2D eigenvalue weighted by Crippen LogP contribution is -2.73. The Kier molecular flexibility index (Phi) is 10.0. The minimum atomic E-state index is -2.97. The largest absolute Gasteiger partial charge is 0.464 e. The van der Waals surface area contributed by atoms with Crippen LogP contribution < -0.4 is 5.32 Å². The van der Waals surface area contributed by atoms with Gasteiger partial charge in [0.1, 0.15) is 6.10 Å². The summed E-state index contributed by atoms with van der Waals surface area (Å²) in [5, 5.41) is 2.33. The Morgan fingerprint density at radius 2 is 1.64 bits per heavy atom. The zero-order valence-corrected chi connectivity index (χ0v) is 19.5. The van der Waals surface area contributed by atoms with Gasteiger partial charge < -0.3 is 33.7 Å². The summed E-state index contributed by atoms with van der Waals surface area (Å²) in [5.74, 6) is -7.91. The Balaban J connectivity index is 3.70. The highest BCUT2D eigenvalue weighted by Gasteiger charge is 2.66. The van der Waals surface area contributed by atoms with Gasteiger partial charge in [-0.2, -0.15) is 0 Å². The van der Waals surface area contributed by atoms with Gasteiger partial charge >= 0.3 is 35.8 Å². The van der Waals surface area contributed by atoms with Crippen LogP contribution in [0.3, 0.4) is 0 Å². The highest BCUT2D eigenvalue weighted by Crippen LogP contribution is 2.40. The van der Waals surface area contributed by atoms with Gasteiger partial charge in [-0.15, -0.1) is 0 Å². The first-order valence-electron chi connectivity index (χ1n) is 10.1. The summed E-state index contributed by atoms with van der Waals surface area (Å²) in [5.41, 5.74) is 0. The minimum absolute atomic E-state index is 0.266. The quantitative estimate of drug-likeness (QED) is 0.388. The number of carbonyl (C=O) groups excluding carboxylic acids is 5. The average Bonchev–Trinajstić information content (AvgIpc) is 2.74. The summed E-state index contributed by atoms with van der Waals surface area (Å²) in [6.07, 6.45) is -7.47. The van der Waals surface area contributed by atoms with E-state index in [0.29, 0.717) is 0 Å². The van der Waals surface area contributed by atoms with Crippen molar-refractivity contribution >= 4 is 30.0 Å². The van der Waals surface area contributed by atoms with Gasteiger partial charge in [0, 0.05) is 26.7 Å². The van der Waals surface area contributed by atoms with Crippen LogP contribution >= 0.6 is 0 Å². The number of alkyl carbamates (subject to hydrolysis) is 1. The van der Waals surface area contributed by atoms with Crippen molar-refractivity contribution in [2.45, 2.75) is 77.4 Å². The van der Waals surface area contributed by atoms with Crippen molar-refractivity contribution in [3.05, 3.63) is 0 Å². The number of esters is 4. The molecule has 0 aliphatic carbocycles. The number of halogens is 1. The highest BCUT2D eigenvalue weighted by molar-refractivity contribution is 5.83. The van der Waals surface area contributed by atoms with E-state index in [9.17, 15) is 24.0 Å². The van der Waals surface area contributed by atoms with Crippen LogP contribution in [0.15, 0.2) is 0 Å². The smallest absolute Gasteiger partial charge is 0.407 e. The molecule has 188 valence electrons. The number of nitrogens with one attached hydrogen (secondary N) is 1. The van der Waals surface area contributed by atoms with E-state index >= 15 is 4.39 Å². The molecule has 0 spiro atoms. The van der Waals surface area contributed by atoms with Gasteiger partial charge in [-0.1, -0.05) is 13.8 Å². The summed E-state index contributed by atoms with van der Waals surface area (Å²) >= 11 is 0. The van der Waals surface area contributed by atoms with Crippen LogP contribution in [0.5, 0.6) is 0 Å². The molecular formula is C20H30FNO11. The lowest BCUT2D eigenvalue weighted by atomic mass is 9.82. The molecule has 7 atom stereocenters. The van der Waals surface area contributed by atoms with Crippen molar-refractivity contribution in [1.29, 1.82) is 0 Å². The first-order valence-corrected chi connectivity index (χ1v) is 10.1. The number of rotatable bonds is 8. The van der Waals surface area contributed by atoms with E-state index in [1.54, 1.807) is 6.92 Å². The third-order valence-corrected chi connectivity index (χ3v) is 5.03. The summed E-state index contributed by atoms with van der Waals surface area (Å²) < 4.78 is 46.0. The van der Waals surface area contributed by atoms with Crippen molar-refractivity contribution < 1.29 is 56.8 Å². The molecule has 1 N–H and O–H groups in total. The Bertz CT molecular complexity index is 760. The Hall–Kier alpha value is -2.96. The molecule has 0 aromatic heterocycles. The topological polar surface area (TPSA) is 153 Å². The van der Waals surface area contributed by atoms with Crippen LogP contribution in [0.25, 0.3) is 0 Å². The molecule has 0 aromatic carbocycles. The standard InChI is InChI=1S/C20H30FNO11/c1-8-13(30-10(3)23)9(2)15-14(22-19(27)29-7)16(31-11(4)24)17(21)20(33-15,18(26)28-6)32-12(5)25/h9,13-17H,8H2,1-7H3,(H,22,27)/t9-,13-,14+,15?,16+,17?,20-/m1/s1. The Morgan fingerprint density at radius 3 is 2.06 bits per heavy atom. The number of ether oxygens (including phenoxy) is 6. The number of hydrogen-bond donors (Lipinski definition) is 1. The van der Waals surface area contributed by atoms with Crippen LogP contribution in [0.1, 0.15) is 41.0 Å². The van der Waals surface area contributed by atoms with Gasteiger partial charge in [0.25, 0.3) is 0 Å². The van der Waals surface area contributed by atoms with Crippen LogP contribution in [0.2, 0.25) is 0 Å². The molecule has 1 rings (SSSR count). The monoisotopic (exact) mass is 479 g/mol. The highest BCUT2D eigenvalue weighted by atomic mass is 19.1. The fourth-order valence-corrected chi connectivity index (χ4v) is 3.67. The van der Waals surface area contributed by atoms with E-state index in [4.69, 9.17) is 18.9 Å². The fraction of sp³-hybridized carbons (Fsp3) is 0.750. The molecule has 1 amide bonds. The molecule has 2 unspecified atom stereocenters. The molecular weight excluding hydrogens is 449 g/mol. The predicted molar refractivity (Wildman–Crippen MR) is 106 cm³/mol. The predicted octanol–water partition coefficient (Wildman–Crippen LogP) is 0.790. The Labute approximate surface area is 190 Å². The van der Waals surface area contributed by atoms with Crippen molar-refractivity contribution in [2.24, 2.45) is 5.92 Å². The molecule has 1 aliphatic rings. The van der Waals surface area contributed by atoms with E-state index in [1.165, 1.54) is 13.8 Å². The van der Waals surface area contributed by atoms with Crippen LogP contribution in [-0.4, -0.2) is 80.5 Å². The average molecular weight is 479 g/mol. The first-order chi connectivity index (χ1) is 15.3. The van der Waals surface area contributed by atoms with Gasteiger partial charge in [0.15, 0.2) is 6.10 Å². The van der Waals surface area contributed by atoms with E-state index < -0.39 is 72.2 Å². The molecule has 1 aliphatic heterocycles. The first kappa shape index (κ1) is 28.1. The van der Waals surface area contributed by atoms with Gasteiger partial charge in [0.05, 0.1) is 26.4 Å². The molecule has 0 bridgehead atoms. The number of methoxy groups -OCH3 is 2. The van der Waals surface area contributed by atoms with Crippen molar-refractivity contribution in [3.63, 3.8) is 0 Å². The van der Waals surface area contributed by atoms with Gasteiger partial charge in [-0.3, -0.25) is 14.4 Å². The van der Waals surface area contributed by atoms with Crippen LogP contribution in [0, 0.1) is 5.92 Å². The van der Waals surface area contributed by atoms with Crippen LogP contribution in [0.4, 0.5) is 9.18 Å². The maximum Gasteiger partial charge on any atom is 0.407 e. The molecule has 33 heavy (non-hydrogen) atoms. The van der Waals surface area contributed by atoms with Crippen molar-refractivity contribution in [2.75, 3.05) is 14.2 Å². The van der Waals surface area contributed by atoms with Crippen molar-refractivity contribution in [1.82, 2.24) is 5.32 Å². The maximum atomic E-state index is 15.8. The summed E-state index contributed by atoms with van der Waals surface area (Å²) in [6.45, 7) is 6.30. The normalized spacial score (nSPS) is 28.5. The third-order valence-electron chi connectivity index (χ3n) is 5.03. The van der Waals surface area contributed by atoms with E-state index in [-0.39, 0.29) is 6.42 Å². The number of alkyl halides is 1. The van der Waals surface area contributed by atoms with Crippen LogP contribution in [-0.2, 0) is 47.6 Å². The second-order valence-corrected chi connectivity index (χ2v) is 7.39. The second kappa shape index (κ2) is 11.8. The maximum absolute atomic E-state index is 15.8. The molecule has 1 fully saturated rings. The number of hydrogen-bond acceptors (Lipinski definition) is 11. The fourth-order valence-electron chi connectivity index (χ4n) is 3.67. The molecule has 0 saturated carbocycles. The number of carbonyl (C=O) groups is 5. The SMILES string of the molecule is CC[C@@H](OC(C)=O)[C@@H](C)C1O[C@@](OC(C)=O)(C(=O)OC)C(F)[C@@H](OC(C)=O)[C@H]1NC(=O)OC. The second-order valence-electron chi connectivity index (χ2n) is 7.39. The molecule has 0 aromatic rings. The van der Waals surface area contributed by atoms with E-state index in [1.807, 2.05) is 0 Å². The number of amides is 1. The van der Waals surface area contributed by atoms with Crippen molar-refractivity contribution in [3.8, 4) is 0 Å². The molecule has 12 nitrogen and oxygen atoms in total. The Morgan fingerprint density at radius 1 is 1.03 bits per heavy atom.